The minimum absolute atomic E-state index is 0.0276. The summed E-state index contributed by atoms with van der Waals surface area (Å²) in [5, 5.41) is 0. The number of anilines is 1. The van der Waals surface area contributed by atoms with Gasteiger partial charge in [-0.15, -0.1) is 0 Å². The number of methoxy groups -OCH3 is 1. The van der Waals surface area contributed by atoms with Gasteiger partial charge in [0.1, 0.15) is 5.75 Å². The zero-order valence-electron chi connectivity index (χ0n) is 18.2. The molecule has 2 aromatic rings. The van der Waals surface area contributed by atoms with Crippen molar-refractivity contribution < 1.29 is 22.7 Å². The van der Waals surface area contributed by atoms with Crippen LogP contribution in [0.4, 0.5) is 5.69 Å². The standard InChI is InChI=1S/C23H28N2O5S/c1-16(15-23(2,3)17-8-6-5-7-9-17)24-31(28,29)18-10-11-20(30-4)19(14-18)25-21(26)12-13-22(25)27/h5-11,14,16,24H,12-13,15H2,1-4H3. The molecule has 3 rings (SSSR count). The van der Waals surface area contributed by atoms with E-state index in [0.29, 0.717) is 6.42 Å². The van der Waals surface area contributed by atoms with E-state index < -0.39 is 10.0 Å². The Morgan fingerprint density at radius 2 is 1.68 bits per heavy atom. The number of nitrogens with zero attached hydrogens (tertiary/aromatic N) is 1. The van der Waals surface area contributed by atoms with Gasteiger partial charge >= 0.3 is 0 Å². The minimum Gasteiger partial charge on any atom is -0.495 e. The van der Waals surface area contributed by atoms with Crippen LogP contribution in [0.5, 0.6) is 5.75 Å². The monoisotopic (exact) mass is 444 g/mol. The first-order chi connectivity index (χ1) is 14.5. The van der Waals surface area contributed by atoms with Crippen LogP contribution < -0.4 is 14.4 Å². The third kappa shape index (κ3) is 4.97. The Hall–Kier alpha value is -2.71. The highest BCUT2D eigenvalue weighted by Gasteiger charge is 2.33. The van der Waals surface area contributed by atoms with Gasteiger partial charge in [-0.25, -0.2) is 18.0 Å². The fourth-order valence-corrected chi connectivity index (χ4v) is 5.27. The summed E-state index contributed by atoms with van der Waals surface area (Å²) in [7, 11) is -2.47. The predicted octanol–water partition coefficient (Wildman–Crippen LogP) is 3.38. The highest BCUT2D eigenvalue weighted by atomic mass is 32.2. The van der Waals surface area contributed by atoms with Crippen LogP contribution in [0, 0.1) is 0 Å². The average molecular weight is 445 g/mol. The van der Waals surface area contributed by atoms with E-state index in [2.05, 4.69) is 18.6 Å². The zero-order chi connectivity index (χ0) is 22.8. The molecule has 1 heterocycles. The maximum Gasteiger partial charge on any atom is 0.240 e. The van der Waals surface area contributed by atoms with Crippen molar-refractivity contribution in [1.82, 2.24) is 4.72 Å². The summed E-state index contributed by atoms with van der Waals surface area (Å²) in [4.78, 5) is 25.3. The highest BCUT2D eigenvalue weighted by molar-refractivity contribution is 7.89. The molecule has 7 nitrogen and oxygen atoms in total. The Kier molecular flexibility index (Phi) is 6.52. The number of hydrogen-bond donors (Lipinski definition) is 1. The lowest BCUT2D eigenvalue weighted by Gasteiger charge is -2.29. The van der Waals surface area contributed by atoms with Crippen molar-refractivity contribution in [2.75, 3.05) is 12.0 Å². The van der Waals surface area contributed by atoms with E-state index in [1.807, 2.05) is 37.3 Å². The maximum atomic E-state index is 13.1. The third-order valence-electron chi connectivity index (χ3n) is 5.48. The summed E-state index contributed by atoms with van der Waals surface area (Å²) in [6.07, 6.45) is 0.786. The van der Waals surface area contributed by atoms with Gasteiger partial charge < -0.3 is 4.74 Å². The number of amides is 2. The summed E-state index contributed by atoms with van der Waals surface area (Å²) in [6.45, 7) is 5.96. The second-order valence-corrected chi connectivity index (χ2v) is 10.1. The molecule has 1 atom stereocenters. The number of imide groups is 1. The van der Waals surface area contributed by atoms with Gasteiger partial charge in [0.15, 0.2) is 0 Å². The fourth-order valence-electron chi connectivity index (χ4n) is 4.00. The van der Waals surface area contributed by atoms with Gasteiger partial charge in [0.05, 0.1) is 17.7 Å². The van der Waals surface area contributed by atoms with E-state index in [1.165, 1.54) is 25.3 Å². The second kappa shape index (κ2) is 8.80. The number of carbonyl (C=O) groups excluding carboxylic acids is 2. The van der Waals surface area contributed by atoms with Crippen LogP contribution >= 0.6 is 0 Å². The summed E-state index contributed by atoms with van der Waals surface area (Å²) in [6, 6.07) is 13.8. The fraction of sp³-hybridized carbons (Fsp3) is 0.391. The van der Waals surface area contributed by atoms with Crippen LogP contribution in [-0.2, 0) is 25.0 Å². The zero-order valence-corrected chi connectivity index (χ0v) is 19.0. The Morgan fingerprint density at radius 1 is 1.06 bits per heavy atom. The summed E-state index contributed by atoms with van der Waals surface area (Å²) < 4.78 is 34.1. The topological polar surface area (TPSA) is 92.8 Å². The molecule has 0 bridgehead atoms. The van der Waals surface area contributed by atoms with Crippen LogP contribution in [0.25, 0.3) is 0 Å². The molecule has 0 aromatic heterocycles. The summed E-state index contributed by atoms with van der Waals surface area (Å²) >= 11 is 0. The molecule has 166 valence electrons. The quantitative estimate of drug-likeness (QED) is 0.630. The van der Waals surface area contributed by atoms with Gasteiger partial charge in [-0.2, -0.15) is 0 Å². The lowest BCUT2D eigenvalue weighted by atomic mass is 9.79. The molecule has 1 aliphatic heterocycles. The summed E-state index contributed by atoms with van der Waals surface area (Å²) in [5.74, 6) is -0.478. The van der Waals surface area contributed by atoms with E-state index in [0.717, 1.165) is 10.5 Å². The average Bonchev–Trinajstić information content (AvgIpc) is 3.05. The van der Waals surface area contributed by atoms with Gasteiger partial charge in [-0.1, -0.05) is 44.2 Å². The van der Waals surface area contributed by atoms with Gasteiger partial charge in [-0.05, 0) is 42.5 Å². The number of hydrogen-bond acceptors (Lipinski definition) is 5. The SMILES string of the molecule is COc1ccc(S(=O)(=O)NC(C)CC(C)(C)c2ccccc2)cc1N1C(=O)CCC1=O. The second-order valence-electron chi connectivity index (χ2n) is 8.43. The van der Waals surface area contributed by atoms with Crippen molar-refractivity contribution >= 4 is 27.5 Å². The smallest absolute Gasteiger partial charge is 0.240 e. The Balaban J connectivity index is 1.84. The molecule has 1 fully saturated rings. The minimum atomic E-state index is -3.88. The Labute approximate surface area is 183 Å². The molecule has 2 amide bonds. The molecule has 1 saturated heterocycles. The Bertz CT molecular complexity index is 1060. The van der Waals surface area contributed by atoms with Crippen molar-refractivity contribution in [3.8, 4) is 5.75 Å². The first-order valence-electron chi connectivity index (χ1n) is 10.2. The molecule has 1 aliphatic rings. The molecular weight excluding hydrogens is 416 g/mol. The predicted molar refractivity (Wildman–Crippen MR) is 119 cm³/mol. The molecule has 0 saturated carbocycles. The first-order valence-corrected chi connectivity index (χ1v) is 11.6. The summed E-state index contributed by atoms with van der Waals surface area (Å²) in [5.41, 5.74) is 1.04. The van der Waals surface area contributed by atoms with Gasteiger partial charge in [0.2, 0.25) is 21.8 Å². The van der Waals surface area contributed by atoms with Crippen LogP contribution in [0.2, 0.25) is 0 Å². The molecule has 8 heteroatoms. The van der Waals surface area contributed by atoms with Gasteiger partial charge in [0, 0.05) is 18.9 Å². The molecule has 1 unspecified atom stereocenters. The van der Waals surface area contributed by atoms with E-state index >= 15 is 0 Å². The highest BCUT2D eigenvalue weighted by Crippen LogP contribution is 2.34. The molecule has 2 aromatic carbocycles. The Morgan fingerprint density at radius 3 is 2.26 bits per heavy atom. The molecule has 31 heavy (non-hydrogen) atoms. The van der Waals surface area contributed by atoms with Crippen LogP contribution in [0.15, 0.2) is 53.4 Å². The molecular formula is C23H28N2O5S. The number of rotatable bonds is 8. The number of ether oxygens (including phenoxy) is 1. The number of sulfonamides is 1. The maximum absolute atomic E-state index is 13.1. The molecule has 0 aliphatic carbocycles. The van der Waals surface area contributed by atoms with Crippen molar-refractivity contribution in [1.29, 1.82) is 0 Å². The van der Waals surface area contributed by atoms with Crippen molar-refractivity contribution in [3.05, 3.63) is 54.1 Å². The van der Waals surface area contributed by atoms with Crippen LogP contribution in [0.1, 0.15) is 45.6 Å². The van der Waals surface area contributed by atoms with Crippen molar-refractivity contribution in [2.45, 2.75) is 56.4 Å². The lowest BCUT2D eigenvalue weighted by molar-refractivity contribution is -0.121. The molecule has 0 radical (unpaired) electrons. The molecule has 0 spiro atoms. The largest absolute Gasteiger partial charge is 0.495 e. The molecule has 1 N–H and O–H groups in total. The number of benzene rings is 2. The first kappa shape index (κ1) is 23.0. The van der Waals surface area contributed by atoms with Gasteiger partial charge in [0.25, 0.3) is 0 Å². The number of carbonyl (C=O) groups is 2. The van der Waals surface area contributed by atoms with E-state index in [9.17, 15) is 18.0 Å². The van der Waals surface area contributed by atoms with E-state index in [4.69, 9.17) is 4.74 Å². The normalized spacial score (nSPS) is 15.9. The van der Waals surface area contributed by atoms with E-state index in [1.54, 1.807) is 0 Å². The van der Waals surface area contributed by atoms with Gasteiger partial charge in [-0.3, -0.25) is 9.59 Å². The third-order valence-corrected chi connectivity index (χ3v) is 7.07. The van der Waals surface area contributed by atoms with Crippen LogP contribution in [-0.4, -0.2) is 33.4 Å². The van der Waals surface area contributed by atoms with Crippen LogP contribution in [0.3, 0.4) is 0 Å². The number of nitrogens with one attached hydrogen (secondary N) is 1. The lowest BCUT2D eigenvalue weighted by Crippen LogP contribution is -2.37. The van der Waals surface area contributed by atoms with Crippen molar-refractivity contribution in [3.63, 3.8) is 0 Å². The van der Waals surface area contributed by atoms with E-state index in [-0.39, 0.29) is 52.4 Å². The van der Waals surface area contributed by atoms with Crippen molar-refractivity contribution in [2.24, 2.45) is 0 Å².